The van der Waals surface area contributed by atoms with Crippen LogP contribution in [0.2, 0.25) is 5.02 Å². The van der Waals surface area contributed by atoms with E-state index in [2.05, 4.69) is 48.1 Å². The molecule has 2 atom stereocenters. The van der Waals surface area contributed by atoms with E-state index in [0.717, 1.165) is 47.3 Å². The Bertz CT molecular complexity index is 476. The number of nitrogens with one attached hydrogen (secondary N) is 1. The quantitative estimate of drug-likeness (QED) is 0.735. The minimum Gasteiger partial charge on any atom is -0.375 e. The molecule has 1 aromatic rings. The molecule has 21 heavy (non-hydrogen) atoms. The molecule has 2 rings (SSSR count). The Balaban J connectivity index is 2.03. The van der Waals surface area contributed by atoms with Crippen molar-refractivity contribution in [2.24, 2.45) is 0 Å². The molecular formula is C17H25BrClNO. The maximum Gasteiger partial charge on any atom is 0.0692 e. The molecule has 1 aromatic carbocycles. The zero-order valence-electron chi connectivity index (χ0n) is 13.1. The lowest BCUT2D eigenvalue weighted by Crippen LogP contribution is -2.47. The predicted molar refractivity (Wildman–Crippen MR) is 93.0 cm³/mol. The van der Waals surface area contributed by atoms with Crippen LogP contribution >= 0.6 is 27.5 Å². The molecule has 0 aromatic heterocycles. The third-order valence-electron chi connectivity index (χ3n) is 4.70. The van der Waals surface area contributed by atoms with Gasteiger partial charge in [0, 0.05) is 28.2 Å². The van der Waals surface area contributed by atoms with Gasteiger partial charge in [-0.15, -0.1) is 0 Å². The molecule has 2 nitrogen and oxygen atoms in total. The Morgan fingerprint density at radius 1 is 1.43 bits per heavy atom. The first-order valence-electron chi connectivity index (χ1n) is 7.84. The summed E-state index contributed by atoms with van der Waals surface area (Å²) in [5, 5.41) is 4.55. The largest absolute Gasteiger partial charge is 0.375 e. The minimum absolute atomic E-state index is 0.0547. The molecule has 0 saturated carbocycles. The first kappa shape index (κ1) is 17.3. The van der Waals surface area contributed by atoms with Gasteiger partial charge in [-0.25, -0.2) is 0 Å². The Morgan fingerprint density at radius 3 is 2.76 bits per heavy atom. The van der Waals surface area contributed by atoms with Crippen LogP contribution < -0.4 is 5.32 Å². The average molecular weight is 375 g/mol. The van der Waals surface area contributed by atoms with Crippen LogP contribution in [0.25, 0.3) is 0 Å². The van der Waals surface area contributed by atoms with Crippen molar-refractivity contribution in [3.63, 3.8) is 0 Å². The van der Waals surface area contributed by atoms with Crippen LogP contribution in [-0.2, 0) is 4.74 Å². The summed E-state index contributed by atoms with van der Waals surface area (Å²) >= 11 is 9.81. The molecule has 1 N–H and O–H groups in total. The monoisotopic (exact) mass is 373 g/mol. The Labute approximate surface area is 141 Å². The van der Waals surface area contributed by atoms with Crippen molar-refractivity contribution in [2.75, 3.05) is 6.61 Å². The number of hydrogen-bond acceptors (Lipinski definition) is 2. The highest BCUT2D eigenvalue weighted by molar-refractivity contribution is 9.10. The zero-order chi connectivity index (χ0) is 15.5. The lowest BCUT2D eigenvalue weighted by atomic mass is 9.85. The summed E-state index contributed by atoms with van der Waals surface area (Å²) in [6.07, 6.45) is 4.31. The molecule has 0 bridgehead atoms. The van der Waals surface area contributed by atoms with Gasteiger partial charge < -0.3 is 10.1 Å². The van der Waals surface area contributed by atoms with E-state index >= 15 is 0 Å². The highest BCUT2D eigenvalue weighted by Crippen LogP contribution is 2.33. The van der Waals surface area contributed by atoms with Gasteiger partial charge in [0.05, 0.1) is 5.60 Å². The topological polar surface area (TPSA) is 21.3 Å². The molecule has 4 heteroatoms. The standard InChI is InChI=1S/C17H25BrClNO/c1-4-17(5-2)11-14(8-9-21-17)20-12(3)15-7-6-13(18)10-16(15)19/h6-7,10,12,14,20H,4-5,8-9,11H2,1-3H3. The summed E-state index contributed by atoms with van der Waals surface area (Å²) in [6, 6.07) is 6.84. The van der Waals surface area contributed by atoms with Crippen molar-refractivity contribution in [1.29, 1.82) is 0 Å². The van der Waals surface area contributed by atoms with E-state index in [-0.39, 0.29) is 11.6 Å². The zero-order valence-corrected chi connectivity index (χ0v) is 15.4. The van der Waals surface area contributed by atoms with Gasteiger partial charge in [0.25, 0.3) is 0 Å². The number of rotatable bonds is 5. The lowest BCUT2D eigenvalue weighted by Gasteiger charge is -2.41. The molecule has 0 radical (unpaired) electrons. The van der Waals surface area contributed by atoms with E-state index in [1.165, 1.54) is 0 Å². The van der Waals surface area contributed by atoms with Crippen molar-refractivity contribution < 1.29 is 4.74 Å². The fourth-order valence-corrected chi connectivity index (χ4v) is 4.05. The molecule has 1 aliphatic rings. The van der Waals surface area contributed by atoms with E-state index in [4.69, 9.17) is 16.3 Å². The maximum atomic E-state index is 6.36. The highest BCUT2D eigenvalue weighted by atomic mass is 79.9. The second-order valence-electron chi connectivity index (χ2n) is 5.98. The van der Waals surface area contributed by atoms with E-state index in [0.29, 0.717) is 6.04 Å². The first-order valence-corrected chi connectivity index (χ1v) is 9.01. The number of halogens is 2. The number of ether oxygens (including phenoxy) is 1. The second kappa shape index (κ2) is 7.45. The molecule has 0 spiro atoms. The molecule has 1 saturated heterocycles. The Hall–Kier alpha value is -0.0900. The van der Waals surface area contributed by atoms with Crippen LogP contribution in [0.4, 0.5) is 0 Å². The summed E-state index contributed by atoms with van der Waals surface area (Å²) in [4.78, 5) is 0. The van der Waals surface area contributed by atoms with Crippen LogP contribution in [0.5, 0.6) is 0 Å². The highest BCUT2D eigenvalue weighted by Gasteiger charge is 2.34. The normalized spacial score (nSPS) is 23.0. The van der Waals surface area contributed by atoms with Gasteiger partial charge in [-0.3, -0.25) is 0 Å². The van der Waals surface area contributed by atoms with Gasteiger partial charge in [0.15, 0.2) is 0 Å². The fourth-order valence-electron chi connectivity index (χ4n) is 3.21. The van der Waals surface area contributed by atoms with Gasteiger partial charge in [0.1, 0.15) is 0 Å². The van der Waals surface area contributed by atoms with E-state index in [1.54, 1.807) is 0 Å². The number of benzene rings is 1. The van der Waals surface area contributed by atoms with Crippen molar-refractivity contribution in [3.8, 4) is 0 Å². The number of hydrogen-bond donors (Lipinski definition) is 1. The molecule has 1 heterocycles. The average Bonchev–Trinajstić information content (AvgIpc) is 2.47. The second-order valence-corrected chi connectivity index (χ2v) is 7.31. The summed E-state index contributed by atoms with van der Waals surface area (Å²) in [5.74, 6) is 0. The lowest BCUT2D eigenvalue weighted by molar-refractivity contribution is -0.0939. The molecule has 1 aliphatic heterocycles. The van der Waals surface area contributed by atoms with Gasteiger partial charge >= 0.3 is 0 Å². The van der Waals surface area contributed by atoms with Gasteiger partial charge in [-0.05, 0) is 50.3 Å². The van der Waals surface area contributed by atoms with E-state index < -0.39 is 0 Å². The molecular weight excluding hydrogens is 350 g/mol. The molecule has 2 unspecified atom stereocenters. The summed E-state index contributed by atoms with van der Waals surface area (Å²) in [5.41, 5.74) is 1.21. The molecule has 1 fully saturated rings. The van der Waals surface area contributed by atoms with Crippen LogP contribution in [0.1, 0.15) is 58.1 Å². The molecule has 0 amide bonds. The van der Waals surface area contributed by atoms with E-state index in [1.807, 2.05) is 12.1 Å². The summed E-state index contributed by atoms with van der Waals surface area (Å²) in [6.45, 7) is 7.48. The van der Waals surface area contributed by atoms with Crippen LogP contribution in [0.3, 0.4) is 0 Å². The van der Waals surface area contributed by atoms with Crippen LogP contribution in [0, 0.1) is 0 Å². The van der Waals surface area contributed by atoms with Crippen molar-refractivity contribution in [3.05, 3.63) is 33.3 Å². The predicted octanol–water partition coefficient (Wildman–Crippen LogP) is 5.49. The van der Waals surface area contributed by atoms with Crippen molar-refractivity contribution in [1.82, 2.24) is 5.32 Å². The fraction of sp³-hybridized carbons (Fsp3) is 0.647. The van der Waals surface area contributed by atoms with Gasteiger partial charge in [0.2, 0.25) is 0 Å². The third kappa shape index (κ3) is 4.22. The smallest absolute Gasteiger partial charge is 0.0692 e. The minimum atomic E-state index is 0.0547. The summed E-state index contributed by atoms with van der Waals surface area (Å²) < 4.78 is 7.07. The van der Waals surface area contributed by atoms with Crippen molar-refractivity contribution in [2.45, 2.75) is 64.1 Å². The molecule has 118 valence electrons. The molecule has 0 aliphatic carbocycles. The Kier molecular flexibility index (Phi) is 6.13. The van der Waals surface area contributed by atoms with E-state index in [9.17, 15) is 0 Å². The van der Waals surface area contributed by atoms with Crippen molar-refractivity contribution >= 4 is 27.5 Å². The first-order chi connectivity index (χ1) is 9.99. The van der Waals surface area contributed by atoms with Gasteiger partial charge in [-0.2, -0.15) is 0 Å². The summed E-state index contributed by atoms with van der Waals surface area (Å²) in [7, 11) is 0. The SMILES string of the molecule is CCC1(CC)CC(NC(C)c2ccc(Br)cc2Cl)CCO1. The third-order valence-corrected chi connectivity index (χ3v) is 5.52. The van der Waals surface area contributed by atoms with Gasteiger partial charge in [-0.1, -0.05) is 47.4 Å². The van der Waals surface area contributed by atoms with Crippen LogP contribution in [-0.4, -0.2) is 18.2 Å². The van der Waals surface area contributed by atoms with Crippen LogP contribution in [0.15, 0.2) is 22.7 Å². The Morgan fingerprint density at radius 2 is 2.14 bits per heavy atom. The maximum absolute atomic E-state index is 6.36.